The molecule has 1 aromatic carbocycles. The van der Waals surface area contributed by atoms with E-state index in [2.05, 4.69) is 27.1 Å². The van der Waals surface area contributed by atoms with Gasteiger partial charge in [-0.1, -0.05) is 12.1 Å². The van der Waals surface area contributed by atoms with E-state index in [4.69, 9.17) is 4.74 Å². The fraction of sp³-hybridized carbons (Fsp3) is 0.261. The van der Waals surface area contributed by atoms with E-state index in [1.807, 2.05) is 6.07 Å². The Kier molecular flexibility index (Phi) is 5.87. The van der Waals surface area contributed by atoms with Crippen LogP contribution in [-0.4, -0.2) is 33.3 Å². The Bertz CT molecular complexity index is 1220. The Balaban J connectivity index is 1.50. The molecule has 1 aliphatic rings. The van der Waals surface area contributed by atoms with Crippen LogP contribution in [0.5, 0.6) is 0 Å². The molecular formula is C23H20FN3O2S2. The average molecular weight is 454 g/mol. The molecule has 4 aromatic rings. The van der Waals surface area contributed by atoms with Crippen LogP contribution in [-0.2, 0) is 4.74 Å². The van der Waals surface area contributed by atoms with Gasteiger partial charge in [0, 0.05) is 35.2 Å². The molecule has 1 unspecified atom stereocenters. The van der Waals surface area contributed by atoms with Gasteiger partial charge in [0.25, 0.3) is 0 Å². The zero-order chi connectivity index (χ0) is 21.2. The third-order valence-electron chi connectivity index (χ3n) is 5.38. The number of allylic oxidation sites excluding steroid dienone is 1. The Morgan fingerprint density at radius 1 is 1.16 bits per heavy atom. The molecular weight excluding hydrogens is 433 g/mol. The molecule has 1 N–H and O–H groups in total. The molecule has 1 atom stereocenters. The smallest absolute Gasteiger partial charge is 0.132 e. The highest BCUT2D eigenvalue weighted by molar-refractivity contribution is 7.20. The lowest BCUT2D eigenvalue weighted by Crippen LogP contribution is -2.13. The van der Waals surface area contributed by atoms with Gasteiger partial charge < -0.3 is 9.84 Å². The van der Waals surface area contributed by atoms with Crippen molar-refractivity contribution in [1.29, 1.82) is 0 Å². The zero-order valence-corrected chi connectivity index (χ0v) is 18.2. The Hall–Kier alpha value is -2.52. The molecule has 1 saturated heterocycles. The number of hydrogen-bond acceptors (Lipinski definition) is 7. The molecule has 0 spiro atoms. The molecule has 158 valence electrons. The Labute approximate surface area is 186 Å². The summed E-state index contributed by atoms with van der Waals surface area (Å²) in [6, 6.07) is 6.61. The number of benzene rings is 1. The minimum atomic E-state index is -0.905. The van der Waals surface area contributed by atoms with E-state index in [0.29, 0.717) is 27.7 Å². The third kappa shape index (κ3) is 4.29. The van der Waals surface area contributed by atoms with Gasteiger partial charge in [-0.05, 0) is 48.6 Å². The van der Waals surface area contributed by atoms with E-state index < -0.39 is 6.10 Å². The quantitative estimate of drug-likeness (QED) is 0.434. The minimum absolute atomic E-state index is 0.349. The fourth-order valence-electron chi connectivity index (χ4n) is 3.69. The van der Waals surface area contributed by atoms with E-state index in [1.165, 1.54) is 23.7 Å². The summed E-state index contributed by atoms with van der Waals surface area (Å²) in [5.74, 6) is 0.133. The van der Waals surface area contributed by atoms with Gasteiger partial charge in [0.05, 0.1) is 15.9 Å². The van der Waals surface area contributed by atoms with Crippen LogP contribution >= 0.6 is 22.7 Å². The van der Waals surface area contributed by atoms with Crippen LogP contribution in [0.1, 0.15) is 34.4 Å². The van der Waals surface area contributed by atoms with Gasteiger partial charge in [-0.2, -0.15) is 0 Å². The summed E-state index contributed by atoms with van der Waals surface area (Å²) >= 11 is 2.91. The fourth-order valence-corrected chi connectivity index (χ4v) is 5.37. The molecule has 0 saturated carbocycles. The molecule has 1 aliphatic heterocycles. The highest BCUT2D eigenvalue weighted by Gasteiger charge is 2.19. The highest BCUT2D eigenvalue weighted by atomic mass is 32.1. The van der Waals surface area contributed by atoms with Gasteiger partial charge in [0.15, 0.2) is 0 Å². The number of thiophene rings is 1. The molecule has 0 bridgehead atoms. The van der Waals surface area contributed by atoms with Crippen molar-refractivity contribution in [2.75, 3.05) is 13.2 Å². The Morgan fingerprint density at radius 2 is 2.03 bits per heavy atom. The summed E-state index contributed by atoms with van der Waals surface area (Å²) in [6.45, 7) is 1.61. The number of aliphatic hydroxyl groups is 1. The molecule has 4 heterocycles. The first-order chi connectivity index (χ1) is 15.2. The number of thiazole rings is 1. The van der Waals surface area contributed by atoms with Crippen LogP contribution in [0.3, 0.4) is 0 Å². The van der Waals surface area contributed by atoms with E-state index in [0.717, 1.165) is 41.1 Å². The van der Waals surface area contributed by atoms with Crippen LogP contribution in [0.15, 0.2) is 48.2 Å². The molecule has 3 aromatic heterocycles. The second-order valence-corrected chi connectivity index (χ2v) is 9.42. The van der Waals surface area contributed by atoms with Gasteiger partial charge >= 0.3 is 0 Å². The predicted molar refractivity (Wildman–Crippen MR) is 122 cm³/mol. The lowest BCUT2D eigenvalue weighted by molar-refractivity contribution is 0.0787. The standard InChI is InChI=1S/C23H20FN3O2S2/c24-18-4-2-15(21(28)23-25-7-10-30-23)11-17(18)20-22-19(26-13-27-20)12-16(31-22)3-1-14-5-8-29-9-6-14/h1-4,7,10-14,21,28H,5-6,8-9H2/b3-1+. The Morgan fingerprint density at radius 3 is 2.84 bits per heavy atom. The molecule has 0 amide bonds. The zero-order valence-electron chi connectivity index (χ0n) is 16.6. The monoisotopic (exact) mass is 453 g/mol. The van der Waals surface area contributed by atoms with Crippen molar-refractivity contribution >= 4 is 39.0 Å². The summed E-state index contributed by atoms with van der Waals surface area (Å²) < 4.78 is 21.1. The number of hydrogen-bond donors (Lipinski definition) is 1. The maximum atomic E-state index is 14.8. The van der Waals surface area contributed by atoms with Crippen molar-refractivity contribution < 1.29 is 14.2 Å². The van der Waals surface area contributed by atoms with E-state index in [-0.39, 0.29) is 5.82 Å². The first kappa shape index (κ1) is 20.4. The SMILES string of the molecule is OC(c1ccc(F)c(-c2ncnc3cc(/C=C/C4CCOCC4)sc23)c1)c1nccs1. The number of fused-ring (bicyclic) bond motifs is 1. The largest absolute Gasteiger partial charge is 0.381 e. The summed E-state index contributed by atoms with van der Waals surface area (Å²) in [4.78, 5) is 14.0. The van der Waals surface area contributed by atoms with E-state index in [1.54, 1.807) is 35.0 Å². The van der Waals surface area contributed by atoms with Crippen LogP contribution in [0, 0.1) is 11.7 Å². The second-order valence-electron chi connectivity index (χ2n) is 7.41. The van der Waals surface area contributed by atoms with Gasteiger partial charge in [0.1, 0.15) is 23.3 Å². The maximum absolute atomic E-state index is 14.8. The van der Waals surface area contributed by atoms with E-state index in [9.17, 15) is 9.50 Å². The number of halogens is 1. The molecule has 0 aliphatic carbocycles. The maximum Gasteiger partial charge on any atom is 0.132 e. The number of aliphatic hydroxyl groups excluding tert-OH is 1. The summed E-state index contributed by atoms with van der Waals surface area (Å²) in [5, 5.41) is 13.0. The molecule has 5 rings (SSSR count). The second kappa shape index (κ2) is 8.92. The number of ether oxygens (including phenoxy) is 1. The molecule has 8 heteroatoms. The van der Waals surface area contributed by atoms with Crippen molar-refractivity contribution in [1.82, 2.24) is 15.0 Å². The normalized spacial score (nSPS) is 16.3. The molecule has 0 radical (unpaired) electrons. The first-order valence-electron chi connectivity index (χ1n) is 10.1. The van der Waals surface area contributed by atoms with Crippen molar-refractivity contribution in [2.45, 2.75) is 18.9 Å². The summed E-state index contributed by atoms with van der Waals surface area (Å²) in [7, 11) is 0. The lowest BCUT2D eigenvalue weighted by Gasteiger charge is -2.18. The van der Waals surface area contributed by atoms with Gasteiger partial charge in [-0.15, -0.1) is 22.7 Å². The van der Waals surface area contributed by atoms with Crippen molar-refractivity contribution in [2.24, 2.45) is 5.92 Å². The molecule has 1 fully saturated rings. The van der Waals surface area contributed by atoms with Crippen molar-refractivity contribution in [3.05, 3.63) is 69.5 Å². The number of nitrogens with zero attached hydrogens (tertiary/aromatic N) is 3. The topological polar surface area (TPSA) is 68.1 Å². The minimum Gasteiger partial charge on any atom is -0.381 e. The van der Waals surface area contributed by atoms with Gasteiger partial charge in [-0.3, -0.25) is 0 Å². The molecule has 31 heavy (non-hydrogen) atoms. The van der Waals surface area contributed by atoms with Gasteiger partial charge in [-0.25, -0.2) is 19.3 Å². The number of aromatic nitrogens is 3. The van der Waals surface area contributed by atoms with Crippen LogP contribution in [0.4, 0.5) is 4.39 Å². The number of rotatable bonds is 5. The van der Waals surface area contributed by atoms with Crippen LogP contribution in [0.2, 0.25) is 0 Å². The lowest BCUT2D eigenvalue weighted by atomic mass is 10.00. The first-order valence-corrected chi connectivity index (χ1v) is 11.8. The van der Waals surface area contributed by atoms with Crippen molar-refractivity contribution in [3.63, 3.8) is 0 Å². The summed E-state index contributed by atoms with van der Waals surface area (Å²) in [5.41, 5.74) is 2.25. The predicted octanol–water partition coefficient (Wildman–Crippen LogP) is 5.48. The van der Waals surface area contributed by atoms with Crippen LogP contribution < -0.4 is 0 Å². The van der Waals surface area contributed by atoms with Crippen molar-refractivity contribution in [3.8, 4) is 11.3 Å². The third-order valence-corrected chi connectivity index (χ3v) is 7.30. The van der Waals surface area contributed by atoms with Crippen LogP contribution in [0.25, 0.3) is 27.6 Å². The highest BCUT2D eigenvalue weighted by Crippen LogP contribution is 2.36. The molecule has 5 nitrogen and oxygen atoms in total. The summed E-state index contributed by atoms with van der Waals surface area (Å²) in [6.07, 6.45) is 8.61. The average Bonchev–Trinajstić information content (AvgIpc) is 3.48. The van der Waals surface area contributed by atoms with E-state index >= 15 is 0 Å². The van der Waals surface area contributed by atoms with Gasteiger partial charge in [0.2, 0.25) is 0 Å².